The van der Waals surface area contributed by atoms with E-state index in [4.69, 9.17) is 17.3 Å². The highest BCUT2D eigenvalue weighted by atomic mass is 32.2. The Morgan fingerprint density at radius 3 is 2.41 bits per heavy atom. The molecule has 0 spiro atoms. The molecule has 0 N–H and O–H groups in total. The summed E-state index contributed by atoms with van der Waals surface area (Å²) in [7, 11) is 0. The smallest absolute Gasteiger partial charge is 0.266 e. The molecule has 146 valence electrons. The lowest BCUT2D eigenvalue weighted by Gasteiger charge is -2.21. The fourth-order valence-corrected chi connectivity index (χ4v) is 4.66. The molecule has 1 amide bonds. The molecule has 0 radical (unpaired) electrons. The molecule has 1 aliphatic rings. The third kappa shape index (κ3) is 3.91. The number of benzene rings is 2. The zero-order valence-electron chi connectivity index (χ0n) is 16.3. The van der Waals surface area contributed by atoms with E-state index in [1.165, 1.54) is 11.8 Å². The Morgan fingerprint density at radius 2 is 1.76 bits per heavy atom. The SMILES string of the molecule is CC[C@H](C)N1C(=O)/C(=C/c2cn(-c3ccccc3)nc2-c2ccccc2)SC1=S. The Balaban J connectivity index is 1.79. The van der Waals surface area contributed by atoms with Crippen molar-refractivity contribution >= 4 is 40.3 Å². The lowest BCUT2D eigenvalue weighted by Crippen LogP contribution is -2.36. The van der Waals surface area contributed by atoms with Crippen LogP contribution < -0.4 is 0 Å². The molecule has 0 aliphatic carbocycles. The Kier molecular flexibility index (Phi) is 5.65. The predicted octanol–water partition coefficient (Wildman–Crippen LogP) is 5.54. The molecule has 1 aromatic heterocycles. The topological polar surface area (TPSA) is 38.1 Å². The van der Waals surface area contributed by atoms with Crippen molar-refractivity contribution in [1.82, 2.24) is 14.7 Å². The zero-order chi connectivity index (χ0) is 20.4. The number of carbonyl (C=O) groups is 1. The maximum absolute atomic E-state index is 13.0. The number of aromatic nitrogens is 2. The molecule has 1 atom stereocenters. The van der Waals surface area contributed by atoms with Gasteiger partial charge in [-0.15, -0.1) is 0 Å². The van der Waals surface area contributed by atoms with Crippen LogP contribution >= 0.6 is 24.0 Å². The minimum atomic E-state index is -0.0270. The molecule has 1 fully saturated rings. The first kappa shape index (κ1) is 19.6. The average molecular weight is 420 g/mol. The van der Waals surface area contributed by atoms with Gasteiger partial charge in [0.05, 0.1) is 16.3 Å². The number of amides is 1. The largest absolute Gasteiger partial charge is 0.290 e. The standard InChI is InChI=1S/C23H21N3OS2/c1-3-16(2)26-22(27)20(29-23(26)28)14-18-15-25(19-12-8-5-9-13-19)24-21(18)17-10-6-4-7-11-17/h4-16H,3H2,1-2H3/b20-14-/t16-/m0/s1. The summed E-state index contributed by atoms with van der Waals surface area (Å²) in [5, 5.41) is 4.81. The zero-order valence-corrected chi connectivity index (χ0v) is 17.9. The Hall–Kier alpha value is -2.70. The van der Waals surface area contributed by atoms with Gasteiger partial charge in [-0.05, 0) is 31.6 Å². The van der Waals surface area contributed by atoms with E-state index in [9.17, 15) is 4.79 Å². The van der Waals surface area contributed by atoms with Gasteiger partial charge in [-0.2, -0.15) is 5.10 Å². The number of carbonyl (C=O) groups excluding carboxylic acids is 1. The molecule has 2 heterocycles. The van der Waals surface area contributed by atoms with Crippen molar-refractivity contribution in [2.75, 3.05) is 0 Å². The fourth-order valence-electron chi connectivity index (χ4n) is 3.21. The van der Waals surface area contributed by atoms with Crippen LogP contribution in [0, 0.1) is 0 Å². The van der Waals surface area contributed by atoms with Gasteiger partial charge in [0.15, 0.2) is 0 Å². The van der Waals surface area contributed by atoms with Crippen LogP contribution in [0.4, 0.5) is 0 Å². The molecule has 1 aliphatic heterocycles. The van der Waals surface area contributed by atoms with Gasteiger partial charge in [-0.3, -0.25) is 9.69 Å². The Labute approximate surface area is 180 Å². The number of thioether (sulfide) groups is 1. The van der Waals surface area contributed by atoms with Crippen molar-refractivity contribution in [2.24, 2.45) is 0 Å². The number of hydrogen-bond acceptors (Lipinski definition) is 4. The second-order valence-corrected chi connectivity index (χ2v) is 8.56. The highest BCUT2D eigenvalue weighted by Gasteiger charge is 2.35. The quantitative estimate of drug-likeness (QED) is 0.402. The van der Waals surface area contributed by atoms with Crippen molar-refractivity contribution in [1.29, 1.82) is 0 Å². The molecule has 4 rings (SSSR count). The average Bonchev–Trinajstić information content (AvgIpc) is 3.30. The van der Waals surface area contributed by atoms with Gasteiger partial charge >= 0.3 is 0 Å². The molecule has 3 aromatic rings. The first-order chi connectivity index (χ1) is 14.1. The molecule has 0 saturated carbocycles. The van der Waals surface area contributed by atoms with Crippen LogP contribution in [0.1, 0.15) is 25.8 Å². The van der Waals surface area contributed by atoms with E-state index >= 15 is 0 Å². The summed E-state index contributed by atoms with van der Waals surface area (Å²) in [6, 6.07) is 20.1. The second kappa shape index (κ2) is 8.35. The van der Waals surface area contributed by atoms with E-state index < -0.39 is 0 Å². The molecule has 1 saturated heterocycles. The summed E-state index contributed by atoms with van der Waals surface area (Å²) in [6.45, 7) is 4.08. The highest BCUT2D eigenvalue weighted by molar-refractivity contribution is 8.26. The Bertz CT molecular complexity index is 1070. The van der Waals surface area contributed by atoms with Gasteiger partial charge < -0.3 is 0 Å². The first-order valence-corrected chi connectivity index (χ1v) is 10.8. The number of thiocarbonyl (C=S) groups is 1. The van der Waals surface area contributed by atoms with Gasteiger partial charge in [-0.1, -0.05) is 79.4 Å². The summed E-state index contributed by atoms with van der Waals surface area (Å²) in [4.78, 5) is 15.3. The molecular weight excluding hydrogens is 398 g/mol. The van der Waals surface area contributed by atoms with Gasteiger partial charge in [-0.25, -0.2) is 4.68 Å². The number of rotatable bonds is 5. The fraction of sp³-hybridized carbons (Fsp3) is 0.174. The number of para-hydroxylation sites is 1. The summed E-state index contributed by atoms with van der Waals surface area (Å²) in [5.74, 6) is -0.0270. The summed E-state index contributed by atoms with van der Waals surface area (Å²) >= 11 is 6.83. The van der Waals surface area contributed by atoms with E-state index in [1.807, 2.05) is 84.5 Å². The minimum Gasteiger partial charge on any atom is -0.290 e. The van der Waals surface area contributed by atoms with Crippen LogP contribution in [-0.4, -0.2) is 30.9 Å². The second-order valence-electron chi connectivity index (χ2n) is 6.89. The van der Waals surface area contributed by atoms with Crippen molar-refractivity contribution in [3.8, 4) is 16.9 Å². The predicted molar refractivity (Wildman–Crippen MR) is 124 cm³/mol. The molecule has 4 nitrogen and oxygen atoms in total. The Morgan fingerprint density at radius 1 is 1.10 bits per heavy atom. The minimum absolute atomic E-state index is 0.0270. The molecule has 2 aromatic carbocycles. The first-order valence-electron chi connectivity index (χ1n) is 9.56. The van der Waals surface area contributed by atoms with Crippen molar-refractivity contribution < 1.29 is 4.79 Å². The van der Waals surface area contributed by atoms with Crippen LogP contribution in [-0.2, 0) is 4.79 Å². The third-order valence-electron chi connectivity index (χ3n) is 4.95. The van der Waals surface area contributed by atoms with E-state index in [2.05, 4.69) is 6.92 Å². The molecule has 6 heteroatoms. The van der Waals surface area contributed by atoms with Crippen LogP contribution in [0.25, 0.3) is 23.0 Å². The molecular formula is C23H21N3OS2. The summed E-state index contributed by atoms with van der Waals surface area (Å²) in [6.07, 6.45) is 4.74. The monoisotopic (exact) mass is 419 g/mol. The molecule has 0 unspecified atom stereocenters. The van der Waals surface area contributed by atoms with Crippen LogP contribution in [0.2, 0.25) is 0 Å². The number of nitrogens with zero attached hydrogens (tertiary/aromatic N) is 3. The van der Waals surface area contributed by atoms with Crippen molar-refractivity contribution in [3.05, 3.63) is 77.3 Å². The summed E-state index contributed by atoms with van der Waals surface area (Å²) in [5.41, 5.74) is 3.70. The van der Waals surface area contributed by atoms with Gasteiger partial charge in [0.2, 0.25) is 0 Å². The van der Waals surface area contributed by atoms with Crippen LogP contribution in [0.3, 0.4) is 0 Å². The van der Waals surface area contributed by atoms with Gasteiger partial charge in [0, 0.05) is 23.4 Å². The highest BCUT2D eigenvalue weighted by Crippen LogP contribution is 2.36. The van der Waals surface area contributed by atoms with Crippen LogP contribution in [0.15, 0.2) is 71.8 Å². The number of hydrogen-bond donors (Lipinski definition) is 0. The van der Waals surface area contributed by atoms with Gasteiger partial charge in [0.25, 0.3) is 5.91 Å². The van der Waals surface area contributed by atoms with Crippen molar-refractivity contribution in [3.63, 3.8) is 0 Å². The van der Waals surface area contributed by atoms with Crippen molar-refractivity contribution in [2.45, 2.75) is 26.3 Å². The van der Waals surface area contributed by atoms with E-state index in [0.29, 0.717) is 9.23 Å². The van der Waals surface area contributed by atoms with Gasteiger partial charge in [0.1, 0.15) is 4.32 Å². The van der Waals surface area contributed by atoms with E-state index in [1.54, 1.807) is 4.90 Å². The van der Waals surface area contributed by atoms with E-state index in [0.717, 1.165) is 28.9 Å². The van der Waals surface area contributed by atoms with E-state index in [-0.39, 0.29) is 11.9 Å². The molecule has 29 heavy (non-hydrogen) atoms. The molecule has 0 bridgehead atoms. The maximum Gasteiger partial charge on any atom is 0.266 e. The summed E-state index contributed by atoms with van der Waals surface area (Å²) < 4.78 is 2.47. The lowest BCUT2D eigenvalue weighted by atomic mass is 10.1. The third-order valence-corrected chi connectivity index (χ3v) is 6.28. The normalized spacial score (nSPS) is 16.6. The van der Waals surface area contributed by atoms with Crippen LogP contribution in [0.5, 0.6) is 0 Å². The maximum atomic E-state index is 13.0. The lowest BCUT2D eigenvalue weighted by molar-refractivity contribution is -0.123.